The number of aromatic nitrogens is 2. The van der Waals surface area contributed by atoms with Gasteiger partial charge in [0.25, 0.3) is 5.91 Å². The topological polar surface area (TPSA) is 99.6 Å². The molecule has 0 saturated carbocycles. The molecule has 1 aliphatic heterocycles. The number of urea groups is 1. The van der Waals surface area contributed by atoms with Crippen molar-refractivity contribution in [2.24, 2.45) is 0 Å². The van der Waals surface area contributed by atoms with E-state index in [0.29, 0.717) is 18.5 Å². The Kier molecular flexibility index (Phi) is 6.95. The molecular weight excluding hydrogens is 348 g/mol. The largest absolute Gasteiger partial charge is 0.325 e. The Labute approximate surface area is 160 Å². The summed E-state index contributed by atoms with van der Waals surface area (Å²) in [5.41, 5.74) is -0.351. The number of likely N-dealkylation sites (N-methyl/N-ethyl adjacent to an activating group) is 1. The molecule has 2 heterocycles. The SMILES string of the molecule is CCN(CC)CCn1cc(NC(=O)CN2C(=O)NC(CC)(CC)C2=O)cn1. The summed E-state index contributed by atoms with van der Waals surface area (Å²) in [6, 6.07) is -0.520. The molecule has 2 N–H and O–H groups in total. The van der Waals surface area contributed by atoms with E-state index in [2.05, 4.69) is 34.5 Å². The molecule has 9 nitrogen and oxygen atoms in total. The van der Waals surface area contributed by atoms with Gasteiger partial charge in [-0.25, -0.2) is 4.79 Å². The van der Waals surface area contributed by atoms with Crippen molar-refractivity contribution in [1.82, 2.24) is 24.9 Å². The molecule has 1 saturated heterocycles. The maximum absolute atomic E-state index is 12.5. The maximum atomic E-state index is 12.5. The highest BCUT2D eigenvalue weighted by atomic mass is 16.2. The number of hydrogen-bond acceptors (Lipinski definition) is 5. The second-order valence-corrected chi connectivity index (χ2v) is 6.68. The molecule has 1 aromatic heterocycles. The van der Waals surface area contributed by atoms with E-state index in [1.54, 1.807) is 17.1 Å². The van der Waals surface area contributed by atoms with E-state index in [0.717, 1.165) is 31.1 Å². The zero-order valence-corrected chi connectivity index (χ0v) is 16.6. The van der Waals surface area contributed by atoms with Crippen molar-refractivity contribution < 1.29 is 14.4 Å². The highest BCUT2D eigenvalue weighted by Gasteiger charge is 2.49. The zero-order valence-electron chi connectivity index (χ0n) is 16.6. The van der Waals surface area contributed by atoms with Gasteiger partial charge < -0.3 is 15.5 Å². The van der Waals surface area contributed by atoms with E-state index >= 15 is 0 Å². The third-order valence-electron chi connectivity index (χ3n) is 5.21. The second kappa shape index (κ2) is 8.98. The van der Waals surface area contributed by atoms with Crippen LogP contribution in [0.15, 0.2) is 12.4 Å². The quantitative estimate of drug-likeness (QED) is 0.598. The molecule has 1 fully saturated rings. The van der Waals surface area contributed by atoms with Crippen LogP contribution in [0, 0.1) is 0 Å². The van der Waals surface area contributed by atoms with Crippen LogP contribution < -0.4 is 10.6 Å². The minimum Gasteiger partial charge on any atom is -0.323 e. The minimum atomic E-state index is -0.896. The fraction of sp³-hybridized carbons (Fsp3) is 0.667. The Morgan fingerprint density at radius 1 is 1.22 bits per heavy atom. The third kappa shape index (κ3) is 4.65. The van der Waals surface area contributed by atoms with Crippen LogP contribution >= 0.6 is 0 Å². The number of carbonyl (C=O) groups is 3. The first-order valence-electron chi connectivity index (χ1n) is 9.57. The molecule has 0 aromatic carbocycles. The number of carbonyl (C=O) groups excluding carboxylic acids is 3. The van der Waals surface area contributed by atoms with Gasteiger partial charge >= 0.3 is 6.03 Å². The number of amides is 4. The standard InChI is InChI=1S/C18H30N6O3/c1-5-18(6-2)16(26)24(17(27)21-18)13-15(25)20-14-11-19-23(12-14)10-9-22(7-3)8-4/h11-12H,5-10,13H2,1-4H3,(H,20,25)(H,21,27). The lowest BCUT2D eigenvalue weighted by Gasteiger charge is -2.22. The fourth-order valence-electron chi connectivity index (χ4n) is 3.23. The van der Waals surface area contributed by atoms with Crippen molar-refractivity contribution in [3.8, 4) is 0 Å². The van der Waals surface area contributed by atoms with Crippen LogP contribution in [0.2, 0.25) is 0 Å². The van der Waals surface area contributed by atoms with Crippen LogP contribution in [-0.2, 0) is 16.1 Å². The average molecular weight is 378 g/mol. The summed E-state index contributed by atoms with van der Waals surface area (Å²) < 4.78 is 1.76. The number of nitrogens with one attached hydrogen (secondary N) is 2. The highest BCUT2D eigenvalue weighted by Crippen LogP contribution is 2.24. The van der Waals surface area contributed by atoms with E-state index in [9.17, 15) is 14.4 Å². The summed E-state index contributed by atoms with van der Waals surface area (Å²) in [6.45, 7) is 11.2. The van der Waals surface area contributed by atoms with E-state index in [4.69, 9.17) is 0 Å². The molecule has 0 unspecified atom stereocenters. The monoisotopic (exact) mass is 378 g/mol. The lowest BCUT2D eigenvalue weighted by molar-refractivity contribution is -0.134. The number of rotatable bonds is 10. The van der Waals surface area contributed by atoms with Gasteiger partial charge in [-0.3, -0.25) is 19.2 Å². The van der Waals surface area contributed by atoms with Crippen LogP contribution in [-0.4, -0.2) is 69.1 Å². The zero-order chi connectivity index (χ0) is 20.0. The molecule has 0 aliphatic carbocycles. The maximum Gasteiger partial charge on any atom is 0.325 e. The van der Waals surface area contributed by atoms with Gasteiger partial charge in [0, 0.05) is 12.7 Å². The lowest BCUT2D eigenvalue weighted by atomic mass is 9.93. The molecule has 2 rings (SSSR count). The predicted octanol–water partition coefficient (Wildman–Crippen LogP) is 1.27. The summed E-state index contributed by atoms with van der Waals surface area (Å²) in [4.78, 5) is 40.2. The van der Waals surface area contributed by atoms with Crippen molar-refractivity contribution >= 4 is 23.5 Å². The first-order chi connectivity index (χ1) is 12.9. The van der Waals surface area contributed by atoms with Crippen LogP contribution in [0.4, 0.5) is 10.5 Å². The summed E-state index contributed by atoms with van der Waals surface area (Å²) in [6.07, 6.45) is 4.29. The van der Waals surface area contributed by atoms with Gasteiger partial charge in [0.15, 0.2) is 0 Å². The van der Waals surface area contributed by atoms with Gasteiger partial charge in [-0.05, 0) is 25.9 Å². The van der Waals surface area contributed by atoms with Crippen LogP contribution in [0.25, 0.3) is 0 Å². The van der Waals surface area contributed by atoms with Crippen molar-refractivity contribution in [1.29, 1.82) is 0 Å². The molecule has 9 heteroatoms. The Morgan fingerprint density at radius 3 is 2.44 bits per heavy atom. The first kappa shape index (κ1) is 20.9. The summed E-state index contributed by atoms with van der Waals surface area (Å²) in [7, 11) is 0. The number of nitrogens with zero attached hydrogens (tertiary/aromatic N) is 4. The molecule has 0 bridgehead atoms. The van der Waals surface area contributed by atoms with Gasteiger partial charge in [-0.2, -0.15) is 5.10 Å². The van der Waals surface area contributed by atoms with Gasteiger partial charge in [0.2, 0.25) is 5.91 Å². The van der Waals surface area contributed by atoms with E-state index in [1.165, 1.54) is 0 Å². The summed E-state index contributed by atoms with van der Waals surface area (Å²) in [5.74, 6) is -0.771. The van der Waals surface area contributed by atoms with Crippen LogP contribution in [0.1, 0.15) is 40.5 Å². The van der Waals surface area contributed by atoms with E-state index < -0.39 is 17.5 Å². The molecule has 0 radical (unpaired) electrons. The van der Waals surface area contributed by atoms with E-state index in [1.807, 2.05) is 13.8 Å². The summed E-state index contributed by atoms with van der Waals surface area (Å²) >= 11 is 0. The number of imide groups is 1. The van der Waals surface area contributed by atoms with Gasteiger partial charge in [-0.1, -0.05) is 27.7 Å². The molecule has 150 valence electrons. The lowest BCUT2D eigenvalue weighted by Crippen LogP contribution is -2.46. The molecule has 0 atom stereocenters. The van der Waals surface area contributed by atoms with Gasteiger partial charge in [0.05, 0.1) is 18.4 Å². The Balaban J connectivity index is 1.91. The number of anilines is 1. The van der Waals surface area contributed by atoms with Gasteiger partial charge in [0.1, 0.15) is 12.1 Å². The average Bonchev–Trinajstić information content (AvgIpc) is 3.20. The molecule has 27 heavy (non-hydrogen) atoms. The van der Waals surface area contributed by atoms with Crippen molar-refractivity contribution in [3.05, 3.63) is 12.4 Å². The van der Waals surface area contributed by atoms with E-state index in [-0.39, 0.29) is 12.5 Å². The summed E-state index contributed by atoms with van der Waals surface area (Å²) in [5, 5.41) is 9.65. The Morgan fingerprint density at radius 2 is 1.89 bits per heavy atom. The minimum absolute atomic E-state index is 0.308. The normalized spacial score (nSPS) is 16.1. The first-order valence-corrected chi connectivity index (χ1v) is 9.57. The van der Waals surface area contributed by atoms with Crippen LogP contribution in [0.5, 0.6) is 0 Å². The smallest absolute Gasteiger partial charge is 0.323 e. The van der Waals surface area contributed by atoms with Crippen molar-refractivity contribution in [2.45, 2.75) is 52.6 Å². The molecule has 1 aliphatic rings. The number of hydrogen-bond donors (Lipinski definition) is 2. The Hall–Kier alpha value is -2.42. The molecule has 0 spiro atoms. The highest BCUT2D eigenvalue weighted by molar-refractivity contribution is 6.10. The predicted molar refractivity (Wildman–Crippen MR) is 102 cm³/mol. The third-order valence-corrected chi connectivity index (χ3v) is 5.21. The Bertz CT molecular complexity index is 678. The second-order valence-electron chi connectivity index (χ2n) is 6.68. The van der Waals surface area contributed by atoms with Crippen molar-refractivity contribution in [2.75, 3.05) is 31.5 Å². The molecule has 1 aromatic rings. The van der Waals surface area contributed by atoms with Crippen molar-refractivity contribution in [3.63, 3.8) is 0 Å². The molecule has 4 amide bonds. The molecular formula is C18H30N6O3. The van der Waals surface area contributed by atoms with Crippen LogP contribution in [0.3, 0.4) is 0 Å². The fourth-order valence-corrected chi connectivity index (χ4v) is 3.23. The van der Waals surface area contributed by atoms with Gasteiger partial charge in [-0.15, -0.1) is 0 Å².